The molecule has 2 atom stereocenters. The number of amides is 1. The smallest absolute Gasteiger partial charge is 0.238 e. The fourth-order valence-corrected chi connectivity index (χ4v) is 6.25. The first-order valence-corrected chi connectivity index (χ1v) is 12.5. The van der Waals surface area contributed by atoms with E-state index in [4.69, 9.17) is 0 Å². The minimum atomic E-state index is -3.40. The van der Waals surface area contributed by atoms with E-state index in [2.05, 4.69) is 28.5 Å². The summed E-state index contributed by atoms with van der Waals surface area (Å²) in [6.07, 6.45) is 3.83. The topological polar surface area (TPSA) is 82.3 Å². The number of hydrogen-bond donors (Lipinski definition) is 2. The van der Waals surface area contributed by atoms with Crippen LogP contribution in [0.15, 0.2) is 60.8 Å². The van der Waals surface area contributed by atoms with Crippen LogP contribution in [0, 0.1) is 0 Å². The summed E-state index contributed by atoms with van der Waals surface area (Å²) in [6.45, 7) is 2.67. The molecule has 1 aromatic heterocycles. The fourth-order valence-electron chi connectivity index (χ4n) is 4.51. The van der Waals surface area contributed by atoms with Gasteiger partial charge in [-0.3, -0.25) is 4.79 Å². The van der Waals surface area contributed by atoms with Crippen molar-refractivity contribution in [2.75, 3.05) is 18.8 Å². The van der Waals surface area contributed by atoms with Crippen molar-refractivity contribution in [2.45, 2.75) is 38.1 Å². The zero-order valence-corrected chi connectivity index (χ0v) is 18.6. The molecule has 1 saturated heterocycles. The Labute approximate surface area is 183 Å². The second kappa shape index (κ2) is 9.24. The van der Waals surface area contributed by atoms with Crippen LogP contribution in [0.4, 0.5) is 0 Å². The molecule has 0 bridgehead atoms. The van der Waals surface area contributed by atoms with Gasteiger partial charge < -0.3 is 10.3 Å². The molecule has 0 aliphatic carbocycles. The molecule has 7 heteroatoms. The van der Waals surface area contributed by atoms with Gasteiger partial charge >= 0.3 is 0 Å². The van der Waals surface area contributed by atoms with E-state index in [0.717, 1.165) is 22.0 Å². The van der Waals surface area contributed by atoms with E-state index in [1.807, 2.05) is 49.5 Å². The molecule has 2 heterocycles. The van der Waals surface area contributed by atoms with E-state index < -0.39 is 16.1 Å². The Kier molecular flexibility index (Phi) is 6.43. The lowest BCUT2D eigenvalue weighted by Gasteiger charge is -2.25. The Morgan fingerprint density at radius 2 is 1.90 bits per heavy atom. The van der Waals surface area contributed by atoms with Crippen molar-refractivity contribution in [1.82, 2.24) is 14.6 Å². The molecule has 0 radical (unpaired) electrons. The van der Waals surface area contributed by atoms with Crippen LogP contribution >= 0.6 is 0 Å². The van der Waals surface area contributed by atoms with Gasteiger partial charge in [0.2, 0.25) is 15.9 Å². The van der Waals surface area contributed by atoms with Gasteiger partial charge in [0.25, 0.3) is 0 Å². The average molecular weight is 440 g/mol. The van der Waals surface area contributed by atoms with E-state index in [1.54, 1.807) is 0 Å². The summed E-state index contributed by atoms with van der Waals surface area (Å²) in [6, 6.07) is 17.6. The second-order valence-electron chi connectivity index (χ2n) is 8.08. The molecule has 0 saturated carbocycles. The molecule has 1 aliphatic heterocycles. The summed E-state index contributed by atoms with van der Waals surface area (Å²) in [5.41, 5.74) is 3.27. The fraction of sp³-hybridized carbons (Fsp3) is 0.375. The molecule has 3 aromatic rings. The van der Waals surface area contributed by atoms with Crippen LogP contribution in [0.25, 0.3) is 10.9 Å². The molecule has 0 spiro atoms. The maximum Gasteiger partial charge on any atom is 0.238 e. The van der Waals surface area contributed by atoms with Gasteiger partial charge in [-0.1, -0.05) is 55.5 Å². The van der Waals surface area contributed by atoms with Gasteiger partial charge in [0.1, 0.15) is 6.04 Å². The number of nitrogens with one attached hydrogen (secondary N) is 2. The first-order chi connectivity index (χ1) is 15.0. The number of benzene rings is 2. The molecule has 164 valence electrons. The van der Waals surface area contributed by atoms with Gasteiger partial charge in [0.15, 0.2) is 0 Å². The molecule has 6 nitrogen and oxygen atoms in total. The van der Waals surface area contributed by atoms with Crippen LogP contribution < -0.4 is 5.32 Å². The molecular formula is C24H29N3O3S. The van der Waals surface area contributed by atoms with E-state index in [9.17, 15) is 13.2 Å². The Balaban J connectivity index is 1.56. The first-order valence-electron chi connectivity index (χ1n) is 10.9. The van der Waals surface area contributed by atoms with E-state index in [1.165, 1.54) is 4.31 Å². The van der Waals surface area contributed by atoms with Crippen molar-refractivity contribution in [2.24, 2.45) is 0 Å². The van der Waals surface area contributed by atoms with Crippen LogP contribution in [-0.4, -0.2) is 48.5 Å². The highest BCUT2D eigenvalue weighted by Crippen LogP contribution is 2.31. The maximum atomic E-state index is 13.1. The summed E-state index contributed by atoms with van der Waals surface area (Å²) in [5.74, 6) is -0.167. The average Bonchev–Trinajstić information content (AvgIpc) is 3.43. The van der Waals surface area contributed by atoms with Crippen molar-refractivity contribution in [3.05, 3.63) is 71.9 Å². The SMILES string of the molecule is CCCS(=O)(=O)N1CCC[C@@H]1C(=O)NC[C@@H](c1ccccc1)c1c[nH]c2ccccc12. The number of para-hydroxylation sites is 1. The van der Waals surface area contributed by atoms with Crippen LogP contribution in [0.1, 0.15) is 43.2 Å². The highest BCUT2D eigenvalue weighted by atomic mass is 32.2. The van der Waals surface area contributed by atoms with Crippen LogP contribution in [0.3, 0.4) is 0 Å². The number of hydrogen-bond acceptors (Lipinski definition) is 3. The number of fused-ring (bicyclic) bond motifs is 1. The Morgan fingerprint density at radius 3 is 2.68 bits per heavy atom. The van der Waals surface area contributed by atoms with Crippen molar-refractivity contribution in [3.63, 3.8) is 0 Å². The molecule has 0 unspecified atom stereocenters. The standard InChI is InChI=1S/C24H29N3O3S/c1-2-15-31(29,30)27-14-8-13-23(27)24(28)26-16-20(18-9-4-3-5-10-18)21-17-25-22-12-7-6-11-19(21)22/h3-7,9-12,17,20,23,25H,2,8,13-16H2,1H3,(H,26,28)/t20-,23+/m0/s1. The molecule has 31 heavy (non-hydrogen) atoms. The number of aromatic amines is 1. The number of nitrogens with zero attached hydrogens (tertiary/aromatic N) is 1. The third-order valence-electron chi connectivity index (χ3n) is 6.00. The van der Waals surface area contributed by atoms with E-state index >= 15 is 0 Å². The monoisotopic (exact) mass is 439 g/mol. The Bertz CT molecular complexity index is 1140. The van der Waals surface area contributed by atoms with Crippen molar-refractivity contribution in [3.8, 4) is 0 Å². The number of H-pyrrole nitrogens is 1. The molecule has 4 rings (SSSR count). The zero-order valence-electron chi connectivity index (χ0n) is 17.8. The lowest BCUT2D eigenvalue weighted by Crippen LogP contribution is -2.47. The minimum absolute atomic E-state index is 0.0385. The van der Waals surface area contributed by atoms with Gasteiger partial charge in [0, 0.05) is 36.1 Å². The summed E-state index contributed by atoms with van der Waals surface area (Å²) in [5, 5.41) is 4.19. The van der Waals surface area contributed by atoms with Crippen molar-refractivity contribution in [1.29, 1.82) is 0 Å². The first kappa shape index (κ1) is 21.6. The van der Waals surface area contributed by atoms with E-state index in [0.29, 0.717) is 32.4 Å². The Morgan fingerprint density at radius 1 is 1.16 bits per heavy atom. The number of rotatable bonds is 8. The predicted octanol–water partition coefficient (Wildman–Crippen LogP) is 3.62. The zero-order chi connectivity index (χ0) is 21.8. The summed E-state index contributed by atoms with van der Waals surface area (Å²) < 4.78 is 26.6. The van der Waals surface area contributed by atoms with Crippen molar-refractivity contribution >= 4 is 26.8 Å². The van der Waals surface area contributed by atoms with Crippen LogP contribution in [-0.2, 0) is 14.8 Å². The quantitative estimate of drug-likeness (QED) is 0.562. The van der Waals surface area contributed by atoms with Gasteiger partial charge in [-0.25, -0.2) is 8.42 Å². The second-order valence-corrected chi connectivity index (χ2v) is 10.1. The number of carbonyl (C=O) groups is 1. The largest absolute Gasteiger partial charge is 0.361 e. The summed E-state index contributed by atoms with van der Waals surface area (Å²) in [4.78, 5) is 16.4. The molecule has 1 amide bonds. The third kappa shape index (κ3) is 4.52. The normalized spacial score (nSPS) is 18.3. The number of carbonyl (C=O) groups excluding carboxylic acids is 1. The van der Waals surface area contributed by atoms with Crippen molar-refractivity contribution < 1.29 is 13.2 Å². The minimum Gasteiger partial charge on any atom is -0.361 e. The lowest BCUT2D eigenvalue weighted by atomic mass is 9.91. The highest BCUT2D eigenvalue weighted by Gasteiger charge is 2.38. The highest BCUT2D eigenvalue weighted by molar-refractivity contribution is 7.89. The molecule has 1 fully saturated rings. The number of sulfonamides is 1. The summed E-state index contributed by atoms with van der Waals surface area (Å²) >= 11 is 0. The summed E-state index contributed by atoms with van der Waals surface area (Å²) in [7, 11) is -3.40. The Hall–Kier alpha value is -2.64. The lowest BCUT2D eigenvalue weighted by molar-refractivity contribution is -0.124. The van der Waals surface area contributed by atoms with Crippen LogP contribution in [0.2, 0.25) is 0 Å². The van der Waals surface area contributed by atoms with Gasteiger partial charge in [-0.15, -0.1) is 0 Å². The molecule has 2 N–H and O–H groups in total. The van der Waals surface area contributed by atoms with Crippen LogP contribution in [0.5, 0.6) is 0 Å². The predicted molar refractivity (Wildman–Crippen MR) is 123 cm³/mol. The van der Waals surface area contributed by atoms with E-state index in [-0.39, 0.29) is 17.6 Å². The molecule has 2 aromatic carbocycles. The molecule has 1 aliphatic rings. The third-order valence-corrected chi connectivity index (χ3v) is 8.08. The van der Waals surface area contributed by atoms with Gasteiger partial charge in [0.05, 0.1) is 5.75 Å². The maximum absolute atomic E-state index is 13.1. The number of aromatic nitrogens is 1. The molecular weight excluding hydrogens is 410 g/mol. The van der Waals surface area contributed by atoms with Gasteiger partial charge in [-0.2, -0.15) is 4.31 Å². The van der Waals surface area contributed by atoms with Gasteiger partial charge in [-0.05, 0) is 36.5 Å².